The predicted molar refractivity (Wildman–Crippen MR) is 38.5 cm³/mol. The molecule has 10 heavy (non-hydrogen) atoms. The fourth-order valence-electron chi connectivity index (χ4n) is 1.11. The van der Waals surface area contributed by atoms with Crippen LogP contribution >= 0.6 is 0 Å². The third-order valence-corrected chi connectivity index (χ3v) is 1.58. The van der Waals surface area contributed by atoms with Crippen LogP contribution in [0.3, 0.4) is 0 Å². The van der Waals surface area contributed by atoms with Crippen LogP contribution in [-0.4, -0.2) is 23.9 Å². The van der Waals surface area contributed by atoms with Gasteiger partial charge in [-0.25, -0.2) is 0 Å². The Hall–Kier alpha value is -0.520. The van der Waals surface area contributed by atoms with Gasteiger partial charge in [-0.05, 0) is 19.8 Å². The quantitative estimate of drug-likeness (QED) is 0.498. The van der Waals surface area contributed by atoms with Gasteiger partial charge in [-0.3, -0.25) is 0 Å². The largest absolute Gasteiger partial charge is 0.377 e. The van der Waals surface area contributed by atoms with Gasteiger partial charge in [0, 0.05) is 6.61 Å². The summed E-state index contributed by atoms with van der Waals surface area (Å²) in [5.74, 6) is 5.44. The van der Waals surface area contributed by atoms with Crippen molar-refractivity contribution < 1.29 is 9.84 Å². The Balaban J connectivity index is 2.53. The molecule has 0 saturated carbocycles. The second kappa shape index (κ2) is 3.05. The number of hydrogen-bond acceptors (Lipinski definition) is 2. The molecule has 2 heteroatoms. The normalized spacial score (nSPS) is 32.6. The van der Waals surface area contributed by atoms with E-state index in [1.165, 1.54) is 0 Å². The smallest absolute Gasteiger partial charge is 0.148 e. The van der Waals surface area contributed by atoms with Crippen molar-refractivity contribution in [3.8, 4) is 11.8 Å². The van der Waals surface area contributed by atoms with E-state index in [4.69, 9.17) is 4.74 Å². The minimum Gasteiger partial charge on any atom is -0.377 e. The zero-order chi connectivity index (χ0) is 7.45. The van der Waals surface area contributed by atoms with Gasteiger partial charge in [-0.2, -0.15) is 0 Å². The lowest BCUT2D eigenvalue weighted by Gasteiger charge is -2.26. The maximum atomic E-state index is 9.57. The summed E-state index contributed by atoms with van der Waals surface area (Å²) >= 11 is 0. The third-order valence-electron chi connectivity index (χ3n) is 1.58. The van der Waals surface area contributed by atoms with E-state index in [-0.39, 0.29) is 0 Å². The van der Waals surface area contributed by atoms with Crippen molar-refractivity contribution >= 4 is 0 Å². The van der Waals surface area contributed by atoms with E-state index in [1.54, 1.807) is 6.92 Å². The Labute approximate surface area is 61.2 Å². The Bertz CT molecular complexity index is 158. The van der Waals surface area contributed by atoms with Gasteiger partial charge in [0.25, 0.3) is 0 Å². The van der Waals surface area contributed by atoms with Gasteiger partial charge in [0.1, 0.15) is 5.60 Å². The topological polar surface area (TPSA) is 29.5 Å². The maximum absolute atomic E-state index is 9.57. The standard InChI is InChI=1S/C8H12O2/c1-2-4-8(9)5-3-6-10-7-8/h9H,3,5-7H2,1H3. The van der Waals surface area contributed by atoms with E-state index in [9.17, 15) is 5.11 Å². The molecule has 2 nitrogen and oxygen atoms in total. The molecule has 1 heterocycles. The van der Waals surface area contributed by atoms with Crippen LogP contribution in [0, 0.1) is 11.8 Å². The van der Waals surface area contributed by atoms with Gasteiger partial charge in [0.15, 0.2) is 0 Å². The average Bonchev–Trinajstić information content (AvgIpc) is 1.89. The second-order valence-corrected chi connectivity index (χ2v) is 2.56. The van der Waals surface area contributed by atoms with Gasteiger partial charge < -0.3 is 9.84 Å². The lowest BCUT2D eigenvalue weighted by molar-refractivity contribution is -0.0480. The first-order chi connectivity index (χ1) is 4.77. The van der Waals surface area contributed by atoms with Crippen molar-refractivity contribution in [2.45, 2.75) is 25.4 Å². The Morgan fingerprint density at radius 1 is 1.60 bits per heavy atom. The summed E-state index contributed by atoms with van der Waals surface area (Å²) in [7, 11) is 0. The van der Waals surface area contributed by atoms with E-state index in [0.29, 0.717) is 6.61 Å². The van der Waals surface area contributed by atoms with Crippen molar-refractivity contribution in [2.24, 2.45) is 0 Å². The molecule has 1 fully saturated rings. The molecule has 1 N–H and O–H groups in total. The van der Waals surface area contributed by atoms with Gasteiger partial charge in [-0.1, -0.05) is 5.92 Å². The van der Waals surface area contributed by atoms with E-state index in [1.807, 2.05) is 0 Å². The van der Waals surface area contributed by atoms with Crippen LogP contribution in [0.4, 0.5) is 0 Å². The van der Waals surface area contributed by atoms with Crippen LogP contribution < -0.4 is 0 Å². The molecule has 0 radical (unpaired) electrons. The first-order valence-corrected chi connectivity index (χ1v) is 3.51. The van der Waals surface area contributed by atoms with Crippen LogP contribution in [0.5, 0.6) is 0 Å². The Kier molecular flexibility index (Phi) is 2.31. The van der Waals surface area contributed by atoms with Crippen LogP contribution in [0.1, 0.15) is 19.8 Å². The highest BCUT2D eigenvalue weighted by Crippen LogP contribution is 2.17. The molecular formula is C8H12O2. The van der Waals surface area contributed by atoms with Crippen molar-refractivity contribution in [3.05, 3.63) is 0 Å². The van der Waals surface area contributed by atoms with Crippen molar-refractivity contribution in [1.82, 2.24) is 0 Å². The SMILES string of the molecule is CC#CC1(O)CCCOC1. The summed E-state index contributed by atoms with van der Waals surface area (Å²) < 4.78 is 5.09. The molecule has 0 amide bonds. The number of hydrogen-bond donors (Lipinski definition) is 1. The number of ether oxygens (including phenoxy) is 1. The van der Waals surface area contributed by atoms with Gasteiger partial charge in [-0.15, -0.1) is 5.92 Å². The minimum atomic E-state index is -0.854. The fourth-order valence-corrected chi connectivity index (χ4v) is 1.11. The highest BCUT2D eigenvalue weighted by Gasteiger charge is 2.27. The van der Waals surface area contributed by atoms with Gasteiger partial charge >= 0.3 is 0 Å². The predicted octanol–water partition coefficient (Wildman–Crippen LogP) is 0.551. The molecule has 1 atom stereocenters. The fraction of sp³-hybridized carbons (Fsp3) is 0.750. The first-order valence-electron chi connectivity index (χ1n) is 3.51. The highest BCUT2D eigenvalue weighted by atomic mass is 16.5. The van der Waals surface area contributed by atoms with Crippen molar-refractivity contribution in [1.29, 1.82) is 0 Å². The molecule has 0 aromatic carbocycles. The number of rotatable bonds is 0. The van der Waals surface area contributed by atoms with E-state index in [0.717, 1.165) is 19.4 Å². The molecule has 1 unspecified atom stereocenters. The molecule has 0 spiro atoms. The lowest BCUT2D eigenvalue weighted by atomic mass is 9.98. The summed E-state index contributed by atoms with van der Waals surface area (Å²) in [6.45, 7) is 2.86. The molecule has 56 valence electrons. The summed E-state index contributed by atoms with van der Waals surface area (Å²) in [4.78, 5) is 0. The van der Waals surface area contributed by atoms with Crippen LogP contribution in [0.15, 0.2) is 0 Å². The molecule has 1 rings (SSSR count). The molecule has 1 aliphatic heterocycles. The van der Waals surface area contributed by atoms with Crippen molar-refractivity contribution in [3.63, 3.8) is 0 Å². The molecule has 1 aliphatic rings. The molecule has 0 aliphatic carbocycles. The maximum Gasteiger partial charge on any atom is 0.148 e. The van der Waals surface area contributed by atoms with Crippen molar-refractivity contribution in [2.75, 3.05) is 13.2 Å². The zero-order valence-corrected chi connectivity index (χ0v) is 6.18. The van der Waals surface area contributed by atoms with Gasteiger partial charge in [0.2, 0.25) is 0 Å². The van der Waals surface area contributed by atoms with Crippen LogP contribution in [0.25, 0.3) is 0 Å². The zero-order valence-electron chi connectivity index (χ0n) is 6.18. The molecule has 0 bridgehead atoms. The monoisotopic (exact) mass is 140 g/mol. The Morgan fingerprint density at radius 3 is 2.90 bits per heavy atom. The van der Waals surface area contributed by atoms with Crippen LogP contribution in [0.2, 0.25) is 0 Å². The van der Waals surface area contributed by atoms with Crippen LogP contribution in [-0.2, 0) is 4.74 Å². The molecule has 1 saturated heterocycles. The molecular weight excluding hydrogens is 128 g/mol. The summed E-state index contributed by atoms with van der Waals surface area (Å²) in [5.41, 5.74) is -0.854. The highest BCUT2D eigenvalue weighted by molar-refractivity contribution is 5.12. The summed E-state index contributed by atoms with van der Waals surface area (Å²) in [5, 5.41) is 9.57. The average molecular weight is 140 g/mol. The van der Waals surface area contributed by atoms with E-state index >= 15 is 0 Å². The molecule has 0 aromatic heterocycles. The van der Waals surface area contributed by atoms with E-state index in [2.05, 4.69) is 11.8 Å². The van der Waals surface area contributed by atoms with E-state index < -0.39 is 5.60 Å². The number of aliphatic hydroxyl groups is 1. The third kappa shape index (κ3) is 1.73. The van der Waals surface area contributed by atoms with Gasteiger partial charge in [0.05, 0.1) is 6.61 Å². The lowest BCUT2D eigenvalue weighted by Crippen LogP contribution is -2.36. The molecule has 0 aromatic rings. The first kappa shape index (κ1) is 7.59. The second-order valence-electron chi connectivity index (χ2n) is 2.56. The Morgan fingerprint density at radius 2 is 2.40 bits per heavy atom. The minimum absolute atomic E-state index is 0.369. The summed E-state index contributed by atoms with van der Waals surface area (Å²) in [6, 6.07) is 0. The summed E-state index contributed by atoms with van der Waals surface area (Å²) in [6.07, 6.45) is 1.65.